The fourth-order valence-corrected chi connectivity index (χ4v) is 2.08. The van der Waals surface area contributed by atoms with Gasteiger partial charge in [0.1, 0.15) is 0 Å². The molecule has 1 aromatic rings. The van der Waals surface area contributed by atoms with Crippen molar-refractivity contribution < 1.29 is 35.8 Å². The van der Waals surface area contributed by atoms with Crippen LogP contribution in [0.3, 0.4) is 0 Å². The van der Waals surface area contributed by atoms with Gasteiger partial charge in [0.15, 0.2) is 0 Å². The lowest BCUT2D eigenvalue weighted by atomic mass is 9.87. The average Bonchev–Trinajstić information content (AvgIpc) is 2.25. The molecule has 0 saturated carbocycles. The highest BCUT2D eigenvalue weighted by Gasteiger charge is 2.73. The molecule has 21 heavy (non-hydrogen) atoms. The molecule has 0 amide bonds. The maximum Gasteiger partial charge on any atom is 0.459 e. The number of benzene rings is 1. The second kappa shape index (κ2) is 5.31. The monoisotopic (exact) mass is 338 g/mol. The Hall–Kier alpha value is -1.02. The van der Waals surface area contributed by atoms with Gasteiger partial charge in [0.05, 0.1) is 12.0 Å². The molecule has 1 aromatic carbocycles. The SMILES string of the molecule is CC(O)(CC(F)(F)C(F)(F)C(F)(F)F)c1ccccc1Cl. The highest BCUT2D eigenvalue weighted by molar-refractivity contribution is 6.31. The highest BCUT2D eigenvalue weighted by atomic mass is 35.5. The van der Waals surface area contributed by atoms with Crippen molar-refractivity contribution in [2.45, 2.75) is 37.0 Å². The summed E-state index contributed by atoms with van der Waals surface area (Å²) in [4.78, 5) is 0. The summed E-state index contributed by atoms with van der Waals surface area (Å²) in [5, 5.41) is 9.64. The fraction of sp³-hybridized carbons (Fsp3) is 0.500. The summed E-state index contributed by atoms with van der Waals surface area (Å²) >= 11 is 5.63. The molecule has 0 aliphatic carbocycles. The minimum atomic E-state index is -6.44. The van der Waals surface area contributed by atoms with Gasteiger partial charge >= 0.3 is 18.0 Å². The van der Waals surface area contributed by atoms with Crippen LogP contribution in [-0.2, 0) is 5.60 Å². The van der Waals surface area contributed by atoms with E-state index in [1.165, 1.54) is 18.2 Å². The number of halogens is 8. The van der Waals surface area contributed by atoms with E-state index in [1.54, 1.807) is 0 Å². The van der Waals surface area contributed by atoms with Crippen molar-refractivity contribution in [3.8, 4) is 0 Å². The van der Waals surface area contributed by atoms with Crippen LogP contribution in [0.1, 0.15) is 18.9 Å². The number of hydrogen-bond acceptors (Lipinski definition) is 1. The topological polar surface area (TPSA) is 20.2 Å². The van der Waals surface area contributed by atoms with Crippen LogP contribution in [-0.4, -0.2) is 23.1 Å². The maximum absolute atomic E-state index is 13.3. The lowest BCUT2D eigenvalue weighted by molar-refractivity contribution is -0.361. The Kier molecular flexibility index (Phi) is 4.56. The van der Waals surface area contributed by atoms with Gasteiger partial charge in [-0.25, -0.2) is 0 Å². The summed E-state index contributed by atoms with van der Waals surface area (Å²) in [6.45, 7) is 0.689. The van der Waals surface area contributed by atoms with E-state index in [9.17, 15) is 35.8 Å². The molecule has 0 radical (unpaired) electrons. The summed E-state index contributed by atoms with van der Waals surface area (Å²) in [6.07, 6.45) is -8.58. The molecule has 0 fully saturated rings. The first-order valence-electron chi connectivity index (χ1n) is 5.52. The summed E-state index contributed by atoms with van der Waals surface area (Å²) in [5.41, 5.74) is -3.04. The molecule has 0 spiro atoms. The first kappa shape index (κ1) is 18.0. The van der Waals surface area contributed by atoms with Crippen LogP contribution < -0.4 is 0 Å². The van der Waals surface area contributed by atoms with Crippen LogP contribution in [0.4, 0.5) is 30.7 Å². The molecular weight excluding hydrogens is 329 g/mol. The molecule has 1 rings (SSSR count). The minimum Gasteiger partial charge on any atom is -0.385 e. The predicted octanol–water partition coefficient (Wildman–Crippen LogP) is 4.77. The molecule has 0 aliphatic heterocycles. The summed E-state index contributed by atoms with van der Waals surface area (Å²) in [5.74, 6) is -11.8. The van der Waals surface area contributed by atoms with Crippen LogP contribution >= 0.6 is 11.6 Å². The Morgan fingerprint density at radius 1 is 1.00 bits per heavy atom. The van der Waals surface area contributed by atoms with Crippen molar-refractivity contribution in [3.05, 3.63) is 34.9 Å². The van der Waals surface area contributed by atoms with Gasteiger partial charge in [-0.3, -0.25) is 0 Å². The van der Waals surface area contributed by atoms with Crippen LogP contribution in [0.2, 0.25) is 5.02 Å². The van der Waals surface area contributed by atoms with Crippen molar-refractivity contribution in [2.24, 2.45) is 0 Å². The van der Waals surface area contributed by atoms with Crippen molar-refractivity contribution in [1.82, 2.24) is 0 Å². The van der Waals surface area contributed by atoms with Crippen LogP contribution in [0.25, 0.3) is 0 Å². The summed E-state index contributed by atoms with van der Waals surface area (Å²) < 4.78 is 88.5. The van der Waals surface area contributed by atoms with E-state index >= 15 is 0 Å². The van der Waals surface area contributed by atoms with Crippen molar-refractivity contribution in [2.75, 3.05) is 0 Å². The summed E-state index contributed by atoms with van der Waals surface area (Å²) in [7, 11) is 0. The van der Waals surface area contributed by atoms with E-state index in [0.717, 1.165) is 6.07 Å². The molecule has 9 heteroatoms. The second-order valence-corrected chi connectivity index (χ2v) is 5.11. The largest absolute Gasteiger partial charge is 0.459 e. The Bertz CT molecular complexity index is 511. The van der Waals surface area contributed by atoms with E-state index < -0.39 is 30.0 Å². The van der Waals surface area contributed by atoms with E-state index in [4.69, 9.17) is 11.6 Å². The molecule has 0 heterocycles. The Balaban J connectivity index is 3.17. The molecule has 1 unspecified atom stereocenters. The van der Waals surface area contributed by atoms with E-state index in [1.807, 2.05) is 0 Å². The molecular formula is C12H10ClF7O. The van der Waals surface area contributed by atoms with E-state index in [-0.39, 0.29) is 10.6 Å². The predicted molar refractivity (Wildman–Crippen MR) is 61.6 cm³/mol. The number of alkyl halides is 7. The van der Waals surface area contributed by atoms with Gasteiger partial charge < -0.3 is 5.11 Å². The smallest absolute Gasteiger partial charge is 0.385 e. The van der Waals surface area contributed by atoms with Crippen molar-refractivity contribution in [1.29, 1.82) is 0 Å². The van der Waals surface area contributed by atoms with Gasteiger partial charge in [-0.15, -0.1) is 0 Å². The Morgan fingerprint density at radius 2 is 1.48 bits per heavy atom. The van der Waals surface area contributed by atoms with E-state index in [0.29, 0.717) is 6.92 Å². The number of rotatable bonds is 4. The lowest BCUT2D eigenvalue weighted by Gasteiger charge is -2.34. The highest BCUT2D eigenvalue weighted by Crippen LogP contribution is 2.51. The first-order chi connectivity index (χ1) is 9.22. The zero-order valence-electron chi connectivity index (χ0n) is 10.5. The Labute approximate surface area is 120 Å². The van der Waals surface area contributed by atoms with Crippen LogP contribution in [0.15, 0.2) is 24.3 Å². The van der Waals surface area contributed by atoms with Gasteiger partial charge in [0, 0.05) is 10.6 Å². The van der Waals surface area contributed by atoms with Gasteiger partial charge in [-0.1, -0.05) is 29.8 Å². The molecule has 1 atom stereocenters. The second-order valence-electron chi connectivity index (χ2n) is 4.71. The van der Waals surface area contributed by atoms with E-state index in [2.05, 4.69) is 0 Å². The summed E-state index contributed by atoms with van der Waals surface area (Å²) in [6, 6.07) is 4.90. The standard InChI is InChI=1S/C12H10ClF7O/c1-9(21,7-4-2-3-5-8(7)13)6-10(14,15)11(16,17)12(18,19)20/h2-5,21H,6H2,1H3. The molecule has 0 aromatic heterocycles. The normalized spacial score (nSPS) is 16.7. The molecule has 120 valence electrons. The zero-order valence-corrected chi connectivity index (χ0v) is 11.2. The third-order valence-electron chi connectivity index (χ3n) is 2.84. The van der Waals surface area contributed by atoms with Gasteiger partial charge in [-0.05, 0) is 13.0 Å². The average molecular weight is 339 g/mol. The minimum absolute atomic E-state index is 0.228. The van der Waals surface area contributed by atoms with Crippen molar-refractivity contribution >= 4 is 11.6 Å². The van der Waals surface area contributed by atoms with Gasteiger partial charge in [0.25, 0.3) is 0 Å². The third kappa shape index (κ3) is 3.42. The van der Waals surface area contributed by atoms with Crippen LogP contribution in [0.5, 0.6) is 0 Å². The number of aliphatic hydroxyl groups is 1. The van der Waals surface area contributed by atoms with Crippen molar-refractivity contribution in [3.63, 3.8) is 0 Å². The third-order valence-corrected chi connectivity index (χ3v) is 3.17. The van der Waals surface area contributed by atoms with Crippen LogP contribution in [0, 0.1) is 0 Å². The molecule has 1 N–H and O–H groups in total. The lowest BCUT2D eigenvalue weighted by Crippen LogP contribution is -2.54. The molecule has 0 aliphatic rings. The molecule has 0 bridgehead atoms. The number of hydrogen-bond donors (Lipinski definition) is 1. The zero-order chi connectivity index (χ0) is 16.7. The first-order valence-corrected chi connectivity index (χ1v) is 5.90. The Morgan fingerprint density at radius 3 is 1.90 bits per heavy atom. The van der Waals surface area contributed by atoms with Gasteiger partial charge in [0.2, 0.25) is 0 Å². The molecule has 0 saturated heterocycles. The fourth-order valence-electron chi connectivity index (χ4n) is 1.74. The molecule has 1 nitrogen and oxygen atoms in total. The maximum atomic E-state index is 13.3. The quantitative estimate of drug-likeness (QED) is 0.784. The van der Waals surface area contributed by atoms with Gasteiger partial charge in [-0.2, -0.15) is 30.7 Å².